The molecule has 0 aliphatic carbocycles. The molecular formula is C15H25N3O2. The molecule has 0 spiro atoms. The van der Waals surface area contributed by atoms with Gasteiger partial charge >= 0.3 is 0 Å². The van der Waals surface area contributed by atoms with Gasteiger partial charge in [-0.2, -0.15) is 0 Å². The van der Waals surface area contributed by atoms with Crippen molar-refractivity contribution in [2.75, 3.05) is 25.0 Å². The Balaban J connectivity index is 3.05. The summed E-state index contributed by atoms with van der Waals surface area (Å²) in [6, 6.07) is 1.88. The molecule has 112 valence electrons. The molecule has 0 aliphatic heterocycles. The third-order valence-corrected chi connectivity index (χ3v) is 3.40. The number of carbonyl (C=O) groups excluding carboxylic acids is 1. The summed E-state index contributed by atoms with van der Waals surface area (Å²) in [5.41, 5.74) is 1.36. The molecule has 0 radical (unpaired) electrons. The maximum Gasteiger partial charge on any atom is 0.256 e. The molecule has 2 N–H and O–H groups in total. The van der Waals surface area contributed by atoms with Gasteiger partial charge in [0.15, 0.2) is 0 Å². The Labute approximate surface area is 121 Å². The van der Waals surface area contributed by atoms with E-state index in [0.29, 0.717) is 12.1 Å². The summed E-state index contributed by atoms with van der Waals surface area (Å²) in [6.45, 7) is 7.17. The number of pyridine rings is 1. The van der Waals surface area contributed by atoms with Gasteiger partial charge in [-0.25, -0.2) is 0 Å². The standard InChI is InChI=1S/C15H25N3O2/c1-4-12(5-2)18(9-10-19)15(20)13-7-8-16-11-14(13)17-6-3/h7-8,11-12,17,19H,4-6,9-10H2,1-3H3. The van der Waals surface area contributed by atoms with Crippen LogP contribution in [0.25, 0.3) is 0 Å². The first-order valence-corrected chi connectivity index (χ1v) is 7.29. The topological polar surface area (TPSA) is 65.5 Å². The van der Waals surface area contributed by atoms with Crippen LogP contribution in [0.5, 0.6) is 0 Å². The molecule has 0 unspecified atom stereocenters. The second-order valence-electron chi connectivity index (χ2n) is 4.64. The smallest absolute Gasteiger partial charge is 0.256 e. The highest BCUT2D eigenvalue weighted by Gasteiger charge is 2.23. The molecule has 0 bridgehead atoms. The molecule has 0 saturated carbocycles. The number of hydrogen-bond acceptors (Lipinski definition) is 4. The zero-order valence-corrected chi connectivity index (χ0v) is 12.6. The van der Waals surface area contributed by atoms with E-state index in [1.807, 2.05) is 6.92 Å². The second kappa shape index (κ2) is 8.53. The molecule has 1 heterocycles. The lowest BCUT2D eigenvalue weighted by atomic mass is 10.1. The minimum absolute atomic E-state index is 0.0239. The summed E-state index contributed by atoms with van der Waals surface area (Å²) in [4.78, 5) is 18.6. The summed E-state index contributed by atoms with van der Waals surface area (Å²) < 4.78 is 0. The van der Waals surface area contributed by atoms with Crippen LogP contribution in [0.1, 0.15) is 44.0 Å². The molecule has 0 saturated heterocycles. The number of anilines is 1. The molecule has 20 heavy (non-hydrogen) atoms. The van der Waals surface area contributed by atoms with Gasteiger partial charge in [0.1, 0.15) is 0 Å². The Morgan fingerprint density at radius 2 is 2.10 bits per heavy atom. The Bertz CT molecular complexity index is 419. The maximum absolute atomic E-state index is 12.7. The van der Waals surface area contributed by atoms with Crippen molar-refractivity contribution < 1.29 is 9.90 Å². The first-order chi connectivity index (χ1) is 9.69. The molecule has 5 nitrogen and oxygen atoms in total. The van der Waals surface area contributed by atoms with Gasteiger partial charge in [-0.1, -0.05) is 13.8 Å². The van der Waals surface area contributed by atoms with Crippen molar-refractivity contribution in [1.29, 1.82) is 0 Å². The molecule has 5 heteroatoms. The van der Waals surface area contributed by atoms with Gasteiger partial charge in [0.2, 0.25) is 0 Å². The number of hydrogen-bond donors (Lipinski definition) is 2. The van der Waals surface area contributed by atoms with Crippen molar-refractivity contribution in [3.63, 3.8) is 0 Å². The Kier molecular flexibility index (Phi) is 7.01. The van der Waals surface area contributed by atoms with E-state index in [1.165, 1.54) is 0 Å². The molecule has 1 rings (SSSR count). The predicted octanol–water partition coefficient (Wildman–Crippen LogP) is 2.14. The number of nitrogens with one attached hydrogen (secondary N) is 1. The number of amides is 1. The van der Waals surface area contributed by atoms with Gasteiger partial charge in [0.05, 0.1) is 24.1 Å². The first-order valence-electron chi connectivity index (χ1n) is 7.29. The first kappa shape index (κ1) is 16.4. The summed E-state index contributed by atoms with van der Waals surface area (Å²) in [7, 11) is 0. The van der Waals surface area contributed by atoms with Crippen LogP contribution in [0.15, 0.2) is 18.5 Å². The maximum atomic E-state index is 12.7. The van der Waals surface area contributed by atoms with Crippen LogP contribution in [-0.2, 0) is 0 Å². The molecule has 0 aromatic carbocycles. The second-order valence-corrected chi connectivity index (χ2v) is 4.64. The fraction of sp³-hybridized carbons (Fsp3) is 0.600. The van der Waals surface area contributed by atoms with Crippen LogP contribution in [-0.4, -0.2) is 46.6 Å². The number of carbonyl (C=O) groups is 1. The number of nitrogens with zero attached hydrogens (tertiary/aromatic N) is 2. The molecule has 1 amide bonds. The zero-order chi connectivity index (χ0) is 15.0. The minimum Gasteiger partial charge on any atom is -0.395 e. The van der Waals surface area contributed by atoms with E-state index >= 15 is 0 Å². The summed E-state index contributed by atoms with van der Waals surface area (Å²) in [6.07, 6.45) is 5.05. The zero-order valence-electron chi connectivity index (χ0n) is 12.6. The summed E-state index contributed by atoms with van der Waals surface area (Å²) in [5.74, 6) is -0.0499. The van der Waals surface area contributed by atoms with Crippen LogP contribution in [0.2, 0.25) is 0 Å². The Morgan fingerprint density at radius 1 is 1.40 bits per heavy atom. The number of aromatic nitrogens is 1. The average Bonchev–Trinajstić information content (AvgIpc) is 2.48. The lowest BCUT2D eigenvalue weighted by Gasteiger charge is -2.30. The third-order valence-electron chi connectivity index (χ3n) is 3.40. The quantitative estimate of drug-likeness (QED) is 0.765. The van der Waals surface area contributed by atoms with Crippen LogP contribution < -0.4 is 5.32 Å². The van der Waals surface area contributed by atoms with Crippen LogP contribution >= 0.6 is 0 Å². The Hall–Kier alpha value is -1.62. The van der Waals surface area contributed by atoms with Crippen molar-refractivity contribution in [3.05, 3.63) is 24.0 Å². The van der Waals surface area contributed by atoms with Gasteiger partial charge in [-0.05, 0) is 25.8 Å². The van der Waals surface area contributed by atoms with E-state index in [0.717, 1.165) is 25.1 Å². The van der Waals surface area contributed by atoms with Gasteiger partial charge in [0.25, 0.3) is 5.91 Å². The van der Waals surface area contributed by atoms with Crippen molar-refractivity contribution in [2.24, 2.45) is 0 Å². The highest BCUT2D eigenvalue weighted by molar-refractivity contribution is 5.99. The van der Waals surface area contributed by atoms with Crippen molar-refractivity contribution in [3.8, 4) is 0 Å². The molecule has 0 fully saturated rings. The number of aliphatic hydroxyl groups excluding tert-OH is 1. The van der Waals surface area contributed by atoms with Crippen LogP contribution in [0.3, 0.4) is 0 Å². The molecule has 1 aromatic heterocycles. The van der Waals surface area contributed by atoms with Crippen LogP contribution in [0, 0.1) is 0 Å². The van der Waals surface area contributed by atoms with Crippen molar-refractivity contribution in [1.82, 2.24) is 9.88 Å². The molecule has 0 aliphatic rings. The monoisotopic (exact) mass is 279 g/mol. The predicted molar refractivity (Wildman–Crippen MR) is 80.9 cm³/mol. The van der Waals surface area contributed by atoms with Gasteiger partial charge < -0.3 is 15.3 Å². The SMILES string of the molecule is CCNc1cnccc1C(=O)N(CCO)C(CC)CC. The van der Waals surface area contributed by atoms with E-state index in [2.05, 4.69) is 24.1 Å². The minimum atomic E-state index is -0.0499. The lowest BCUT2D eigenvalue weighted by Crippen LogP contribution is -2.41. The third kappa shape index (κ3) is 3.93. The van der Waals surface area contributed by atoms with Crippen molar-refractivity contribution >= 4 is 11.6 Å². The largest absolute Gasteiger partial charge is 0.395 e. The fourth-order valence-corrected chi connectivity index (χ4v) is 2.35. The highest BCUT2D eigenvalue weighted by Crippen LogP contribution is 2.19. The van der Waals surface area contributed by atoms with E-state index < -0.39 is 0 Å². The van der Waals surface area contributed by atoms with Crippen molar-refractivity contribution in [2.45, 2.75) is 39.7 Å². The van der Waals surface area contributed by atoms with Crippen LogP contribution in [0.4, 0.5) is 5.69 Å². The molecular weight excluding hydrogens is 254 g/mol. The van der Waals surface area contributed by atoms with E-state index in [9.17, 15) is 9.90 Å². The van der Waals surface area contributed by atoms with Gasteiger partial charge in [-0.15, -0.1) is 0 Å². The summed E-state index contributed by atoms with van der Waals surface area (Å²) >= 11 is 0. The fourth-order valence-electron chi connectivity index (χ4n) is 2.35. The number of aliphatic hydroxyl groups is 1. The Morgan fingerprint density at radius 3 is 2.65 bits per heavy atom. The summed E-state index contributed by atoms with van der Waals surface area (Å²) in [5, 5.41) is 12.4. The molecule has 1 aromatic rings. The highest BCUT2D eigenvalue weighted by atomic mass is 16.3. The van der Waals surface area contributed by atoms with E-state index in [1.54, 1.807) is 23.4 Å². The van der Waals surface area contributed by atoms with E-state index in [-0.39, 0.29) is 18.6 Å². The molecule has 0 atom stereocenters. The van der Waals surface area contributed by atoms with Gasteiger partial charge in [0, 0.05) is 25.3 Å². The van der Waals surface area contributed by atoms with E-state index in [4.69, 9.17) is 0 Å². The number of rotatable bonds is 8. The lowest BCUT2D eigenvalue weighted by molar-refractivity contribution is 0.0623. The average molecular weight is 279 g/mol. The normalized spacial score (nSPS) is 10.7. The van der Waals surface area contributed by atoms with Gasteiger partial charge in [-0.3, -0.25) is 9.78 Å².